The normalized spacial score (nSPS) is 22.3. The van der Waals surface area contributed by atoms with Gasteiger partial charge in [0, 0.05) is 25.7 Å². The standard InChI is InChI=1S/C9H18N2O2/c1-2-13-6-4-9(12)11-5-3-8(10)7-11/h8H,2-7,10H2,1H3/t8-/m1/s1. The van der Waals surface area contributed by atoms with Crippen molar-refractivity contribution < 1.29 is 9.53 Å². The van der Waals surface area contributed by atoms with Crippen LogP contribution in [0.2, 0.25) is 0 Å². The molecule has 1 amide bonds. The Kier molecular flexibility index (Phi) is 4.18. The van der Waals surface area contributed by atoms with Crippen molar-refractivity contribution in [3.05, 3.63) is 0 Å². The van der Waals surface area contributed by atoms with Crippen LogP contribution in [0.25, 0.3) is 0 Å². The molecule has 2 N–H and O–H groups in total. The van der Waals surface area contributed by atoms with E-state index in [4.69, 9.17) is 10.5 Å². The molecule has 1 heterocycles. The lowest BCUT2D eigenvalue weighted by molar-refractivity contribution is -0.131. The third-order valence-corrected chi connectivity index (χ3v) is 2.24. The molecule has 0 aliphatic carbocycles. The van der Waals surface area contributed by atoms with Gasteiger partial charge in [-0.25, -0.2) is 0 Å². The van der Waals surface area contributed by atoms with Crippen LogP contribution in [0.5, 0.6) is 0 Å². The minimum Gasteiger partial charge on any atom is -0.381 e. The first-order valence-electron chi connectivity index (χ1n) is 4.85. The van der Waals surface area contributed by atoms with Gasteiger partial charge < -0.3 is 15.4 Å². The molecule has 1 fully saturated rings. The maximum Gasteiger partial charge on any atom is 0.224 e. The highest BCUT2D eigenvalue weighted by molar-refractivity contribution is 5.76. The average molecular weight is 186 g/mol. The van der Waals surface area contributed by atoms with E-state index in [0.29, 0.717) is 26.2 Å². The minimum absolute atomic E-state index is 0.168. The van der Waals surface area contributed by atoms with E-state index in [1.807, 2.05) is 11.8 Å². The van der Waals surface area contributed by atoms with Crippen LogP contribution in [0.4, 0.5) is 0 Å². The van der Waals surface area contributed by atoms with Gasteiger partial charge in [-0.15, -0.1) is 0 Å². The van der Waals surface area contributed by atoms with E-state index in [9.17, 15) is 4.79 Å². The summed E-state index contributed by atoms with van der Waals surface area (Å²) in [5, 5.41) is 0. The molecule has 0 saturated carbocycles. The number of carbonyl (C=O) groups is 1. The Bertz CT molecular complexity index is 173. The zero-order valence-corrected chi connectivity index (χ0v) is 8.16. The smallest absolute Gasteiger partial charge is 0.224 e. The fraction of sp³-hybridized carbons (Fsp3) is 0.889. The van der Waals surface area contributed by atoms with Crippen molar-refractivity contribution in [2.45, 2.75) is 25.8 Å². The quantitative estimate of drug-likeness (QED) is 0.627. The van der Waals surface area contributed by atoms with E-state index in [1.54, 1.807) is 0 Å². The summed E-state index contributed by atoms with van der Waals surface area (Å²) in [6, 6.07) is 0.177. The predicted octanol–water partition coefficient (Wildman–Crippen LogP) is -0.0274. The van der Waals surface area contributed by atoms with Crippen LogP contribution in [-0.2, 0) is 9.53 Å². The topological polar surface area (TPSA) is 55.6 Å². The maximum atomic E-state index is 11.5. The van der Waals surface area contributed by atoms with Gasteiger partial charge in [0.05, 0.1) is 13.0 Å². The highest BCUT2D eigenvalue weighted by atomic mass is 16.5. The zero-order valence-electron chi connectivity index (χ0n) is 8.16. The number of rotatable bonds is 4. The first kappa shape index (κ1) is 10.5. The van der Waals surface area contributed by atoms with E-state index < -0.39 is 0 Å². The first-order chi connectivity index (χ1) is 6.24. The Morgan fingerprint density at radius 2 is 2.46 bits per heavy atom. The second-order valence-electron chi connectivity index (χ2n) is 3.34. The maximum absolute atomic E-state index is 11.5. The zero-order chi connectivity index (χ0) is 9.68. The van der Waals surface area contributed by atoms with Gasteiger partial charge in [-0.1, -0.05) is 0 Å². The highest BCUT2D eigenvalue weighted by Crippen LogP contribution is 2.08. The second kappa shape index (κ2) is 5.19. The molecule has 0 aromatic heterocycles. The van der Waals surface area contributed by atoms with E-state index >= 15 is 0 Å². The number of nitrogens with two attached hydrogens (primary N) is 1. The number of amides is 1. The summed E-state index contributed by atoms with van der Waals surface area (Å²) < 4.78 is 5.11. The van der Waals surface area contributed by atoms with Gasteiger partial charge in [0.15, 0.2) is 0 Å². The average Bonchev–Trinajstić information content (AvgIpc) is 2.52. The SMILES string of the molecule is CCOCCC(=O)N1CC[C@@H](N)C1. The summed E-state index contributed by atoms with van der Waals surface area (Å²) in [6.07, 6.45) is 1.42. The molecule has 0 aromatic rings. The molecule has 0 bridgehead atoms. The van der Waals surface area contributed by atoms with E-state index in [2.05, 4.69) is 0 Å². The lowest BCUT2D eigenvalue weighted by Gasteiger charge is -2.15. The number of nitrogens with zero attached hydrogens (tertiary/aromatic N) is 1. The van der Waals surface area contributed by atoms with Crippen molar-refractivity contribution in [3.8, 4) is 0 Å². The molecule has 0 radical (unpaired) electrons. The molecular weight excluding hydrogens is 168 g/mol. The Morgan fingerprint density at radius 1 is 1.69 bits per heavy atom. The van der Waals surface area contributed by atoms with Crippen LogP contribution in [0.3, 0.4) is 0 Å². The van der Waals surface area contributed by atoms with Gasteiger partial charge >= 0.3 is 0 Å². The summed E-state index contributed by atoms with van der Waals surface area (Å²) in [5.41, 5.74) is 5.69. The van der Waals surface area contributed by atoms with Crippen LogP contribution < -0.4 is 5.73 Å². The molecular formula is C9H18N2O2. The summed E-state index contributed by atoms with van der Waals surface area (Å²) in [7, 11) is 0. The molecule has 76 valence electrons. The Morgan fingerprint density at radius 3 is 3.00 bits per heavy atom. The summed E-state index contributed by atoms with van der Waals surface area (Å²) >= 11 is 0. The Hall–Kier alpha value is -0.610. The van der Waals surface area contributed by atoms with Crippen molar-refractivity contribution in [3.63, 3.8) is 0 Å². The van der Waals surface area contributed by atoms with Crippen LogP contribution in [0, 0.1) is 0 Å². The van der Waals surface area contributed by atoms with Crippen molar-refractivity contribution in [1.82, 2.24) is 4.90 Å². The minimum atomic E-state index is 0.168. The number of carbonyl (C=O) groups excluding carboxylic acids is 1. The Labute approximate surface area is 79.0 Å². The first-order valence-corrected chi connectivity index (χ1v) is 4.85. The molecule has 1 atom stereocenters. The predicted molar refractivity (Wildman–Crippen MR) is 50.3 cm³/mol. The van der Waals surface area contributed by atoms with Gasteiger partial charge in [-0.3, -0.25) is 4.79 Å². The number of likely N-dealkylation sites (tertiary alicyclic amines) is 1. The molecule has 1 aliphatic heterocycles. The largest absolute Gasteiger partial charge is 0.381 e. The third-order valence-electron chi connectivity index (χ3n) is 2.24. The molecule has 13 heavy (non-hydrogen) atoms. The number of hydrogen-bond acceptors (Lipinski definition) is 3. The van der Waals surface area contributed by atoms with Gasteiger partial charge in [-0.05, 0) is 13.3 Å². The van der Waals surface area contributed by atoms with Crippen molar-refractivity contribution >= 4 is 5.91 Å². The fourth-order valence-corrected chi connectivity index (χ4v) is 1.48. The lowest BCUT2D eigenvalue weighted by Crippen LogP contribution is -2.32. The van der Waals surface area contributed by atoms with Crippen LogP contribution >= 0.6 is 0 Å². The van der Waals surface area contributed by atoms with Crippen molar-refractivity contribution in [1.29, 1.82) is 0 Å². The summed E-state index contributed by atoms with van der Waals surface area (Å²) in [5.74, 6) is 0.168. The van der Waals surface area contributed by atoms with E-state index in [0.717, 1.165) is 13.0 Å². The molecule has 4 nitrogen and oxygen atoms in total. The molecule has 1 aliphatic rings. The van der Waals surface area contributed by atoms with Crippen molar-refractivity contribution in [2.75, 3.05) is 26.3 Å². The van der Waals surface area contributed by atoms with Gasteiger partial charge in [0.2, 0.25) is 5.91 Å². The monoisotopic (exact) mass is 186 g/mol. The Balaban J connectivity index is 2.16. The summed E-state index contributed by atoms with van der Waals surface area (Å²) in [4.78, 5) is 13.3. The second-order valence-corrected chi connectivity index (χ2v) is 3.34. The van der Waals surface area contributed by atoms with Crippen molar-refractivity contribution in [2.24, 2.45) is 5.73 Å². The molecule has 1 rings (SSSR count). The van der Waals surface area contributed by atoms with Gasteiger partial charge in [0.1, 0.15) is 0 Å². The number of hydrogen-bond donors (Lipinski definition) is 1. The molecule has 0 aromatic carbocycles. The molecule has 1 saturated heterocycles. The van der Waals surface area contributed by atoms with Crippen LogP contribution in [-0.4, -0.2) is 43.2 Å². The third kappa shape index (κ3) is 3.32. The van der Waals surface area contributed by atoms with Gasteiger partial charge in [-0.2, -0.15) is 0 Å². The molecule has 4 heteroatoms. The molecule has 0 unspecified atom stereocenters. The van der Waals surface area contributed by atoms with Crippen LogP contribution in [0.15, 0.2) is 0 Å². The van der Waals surface area contributed by atoms with Gasteiger partial charge in [0.25, 0.3) is 0 Å². The molecule has 0 spiro atoms. The van der Waals surface area contributed by atoms with E-state index in [-0.39, 0.29) is 11.9 Å². The lowest BCUT2D eigenvalue weighted by atomic mass is 10.3. The van der Waals surface area contributed by atoms with Crippen LogP contribution in [0.1, 0.15) is 19.8 Å². The highest BCUT2D eigenvalue weighted by Gasteiger charge is 2.22. The fourth-order valence-electron chi connectivity index (χ4n) is 1.48. The summed E-state index contributed by atoms with van der Waals surface area (Å²) in [6.45, 7) is 4.65. The number of ether oxygens (including phenoxy) is 1. The van der Waals surface area contributed by atoms with E-state index in [1.165, 1.54) is 0 Å².